The molecule has 0 atom stereocenters. The van der Waals surface area contributed by atoms with Crippen LogP contribution in [0.2, 0.25) is 0 Å². The summed E-state index contributed by atoms with van der Waals surface area (Å²) in [6.07, 6.45) is 0. The van der Waals surface area contributed by atoms with Crippen LogP contribution in [-0.2, 0) is 0 Å². The molecule has 0 saturated heterocycles. The molecule has 0 radical (unpaired) electrons. The molecular formula is C9H22N2. The minimum Gasteiger partial charge on any atom is -0.257 e. The number of hydrazine groups is 1. The summed E-state index contributed by atoms with van der Waals surface area (Å²) in [6, 6.07) is 0. The van der Waals surface area contributed by atoms with E-state index < -0.39 is 0 Å². The van der Waals surface area contributed by atoms with Crippen molar-refractivity contribution in [3.8, 4) is 0 Å². The second-order valence-electron chi connectivity index (χ2n) is 4.90. The highest BCUT2D eigenvalue weighted by Crippen LogP contribution is 2.21. The Hall–Kier alpha value is -0.0800. The summed E-state index contributed by atoms with van der Waals surface area (Å²) in [7, 11) is 1.97. The molecule has 2 heteroatoms. The molecule has 0 fully saturated rings. The maximum Gasteiger partial charge on any atom is 0.0275 e. The molecule has 0 amide bonds. The molecule has 0 bridgehead atoms. The number of rotatable bonds is 1. The third-order valence-corrected chi connectivity index (χ3v) is 1.57. The highest BCUT2D eigenvalue weighted by Gasteiger charge is 2.29. The van der Waals surface area contributed by atoms with E-state index in [9.17, 15) is 0 Å². The van der Waals surface area contributed by atoms with Gasteiger partial charge in [0.05, 0.1) is 0 Å². The van der Waals surface area contributed by atoms with Crippen LogP contribution in [0.5, 0.6) is 0 Å². The minimum absolute atomic E-state index is 0.174. The van der Waals surface area contributed by atoms with Gasteiger partial charge in [-0.3, -0.25) is 5.43 Å². The van der Waals surface area contributed by atoms with Crippen LogP contribution in [0.15, 0.2) is 0 Å². The second-order valence-corrected chi connectivity index (χ2v) is 4.90. The summed E-state index contributed by atoms with van der Waals surface area (Å²) >= 11 is 0. The first-order valence-corrected chi connectivity index (χ1v) is 4.17. The molecule has 0 aliphatic carbocycles. The Morgan fingerprint density at radius 1 is 0.818 bits per heavy atom. The van der Waals surface area contributed by atoms with Gasteiger partial charge in [-0.25, -0.2) is 5.01 Å². The Labute approximate surface area is 70.9 Å². The van der Waals surface area contributed by atoms with Crippen LogP contribution >= 0.6 is 0 Å². The molecule has 0 heterocycles. The standard InChI is InChI=1S/C9H22N2/c1-8(2,3)11(10-7)9(4,5)6/h10H,1-7H3. The van der Waals surface area contributed by atoms with Crippen LogP contribution in [0, 0.1) is 0 Å². The molecule has 0 aromatic rings. The predicted octanol–water partition coefficient (Wildman–Crippen LogP) is 2.02. The summed E-state index contributed by atoms with van der Waals surface area (Å²) in [4.78, 5) is 0. The van der Waals surface area contributed by atoms with Crippen LogP contribution in [0.4, 0.5) is 0 Å². The number of hydrogen-bond donors (Lipinski definition) is 1. The van der Waals surface area contributed by atoms with Crippen LogP contribution in [0.1, 0.15) is 41.5 Å². The zero-order valence-corrected chi connectivity index (χ0v) is 8.95. The molecule has 2 nitrogen and oxygen atoms in total. The van der Waals surface area contributed by atoms with Gasteiger partial charge in [0.15, 0.2) is 0 Å². The Kier molecular flexibility index (Phi) is 3.09. The minimum atomic E-state index is 0.174. The Bertz CT molecular complexity index is 103. The first-order valence-electron chi connectivity index (χ1n) is 4.17. The Balaban J connectivity index is 4.43. The third kappa shape index (κ3) is 3.21. The van der Waals surface area contributed by atoms with Gasteiger partial charge in [-0.15, -0.1) is 0 Å². The Morgan fingerprint density at radius 2 is 1.09 bits per heavy atom. The highest BCUT2D eigenvalue weighted by molar-refractivity contribution is 4.83. The van der Waals surface area contributed by atoms with E-state index in [1.54, 1.807) is 0 Å². The average molecular weight is 158 g/mol. The highest BCUT2D eigenvalue weighted by atomic mass is 15.5. The van der Waals surface area contributed by atoms with Gasteiger partial charge in [0.1, 0.15) is 0 Å². The van der Waals surface area contributed by atoms with E-state index in [0.29, 0.717) is 0 Å². The number of nitrogens with zero attached hydrogens (tertiary/aromatic N) is 1. The van der Waals surface area contributed by atoms with E-state index in [2.05, 4.69) is 52.0 Å². The summed E-state index contributed by atoms with van der Waals surface area (Å²) in [6.45, 7) is 13.2. The molecule has 0 aliphatic rings. The van der Waals surface area contributed by atoms with Gasteiger partial charge in [-0.05, 0) is 48.6 Å². The number of nitrogens with one attached hydrogen (secondary N) is 1. The van der Waals surface area contributed by atoms with E-state index in [0.717, 1.165) is 0 Å². The largest absolute Gasteiger partial charge is 0.257 e. The zero-order chi connectivity index (χ0) is 9.28. The predicted molar refractivity (Wildman–Crippen MR) is 50.4 cm³/mol. The first-order chi connectivity index (χ1) is 4.69. The van der Waals surface area contributed by atoms with Gasteiger partial charge in [0, 0.05) is 11.1 Å². The quantitative estimate of drug-likeness (QED) is 0.587. The molecule has 11 heavy (non-hydrogen) atoms. The van der Waals surface area contributed by atoms with Gasteiger partial charge in [-0.1, -0.05) is 0 Å². The van der Waals surface area contributed by atoms with Crippen LogP contribution in [0.25, 0.3) is 0 Å². The van der Waals surface area contributed by atoms with Crippen molar-refractivity contribution in [3.63, 3.8) is 0 Å². The normalized spacial score (nSPS) is 14.2. The first kappa shape index (κ1) is 10.9. The summed E-state index contributed by atoms with van der Waals surface area (Å²) < 4.78 is 0. The van der Waals surface area contributed by atoms with Crippen molar-refractivity contribution >= 4 is 0 Å². The van der Waals surface area contributed by atoms with Crippen molar-refractivity contribution in [2.45, 2.75) is 52.6 Å². The van der Waals surface area contributed by atoms with E-state index in [4.69, 9.17) is 0 Å². The molecule has 0 aliphatic heterocycles. The topological polar surface area (TPSA) is 15.3 Å². The van der Waals surface area contributed by atoms with Crippen molar-refractivity contribution in [2.75, 3.05) is 7.05 Å². The fourth-order valence-electron chi connectivity index (χ4n) is 1.68. The maximum atomic E-state index is 3.22. The summed E-state index contributed by atoms with van der Waals surface area (Å²) in [5, 5.41) is 2.25. The van der Waals surface area contributed by atoms with Crippen LogP contribution in [0.3, 0.4) is 0 Å². The fourth-order valence-corrected chi connectivity index (χ4v) is 1.68. The lowest BCUT2D eigenvalue weighted by molar-refractivity contribution is -0.00559. The summed E-state index contributed by atoms with van der Waals surface area (Å²) in [5.74, 6) is 0. The number of hydrogen-bond acceptors (Lipinski definition) is 2. The van der Waals surface area contributed by atoms with Crippen molar-refractivity contribution in [1.29, 1.82) is 0 Å². The SMILES string of the molecule is CNN(C(C)(C)C)C(C)(C)C. The lowest BCUT2D eigenvalue weighted by atomic mass is 9.99. The molecule has 0 rings (SSSR count). The van der Waals surface area contributed by atoms with Gasteiger partial charge in [0.2, 0.25) is 0 Å². The Morgan fingerprint density at radius 3 is 1.09 bits per heavy atom. The monoisotopic (exact) mass is 158 g/mol. The molecule has 0 aromatic heterocycles. The molecule has 0 saturated carbocycles. The van der Waals surface area contributed by atoms with E-state index >= 15 is 0 Å². The maximum absolute atomic E-state index is 3.22. The van der Waals surface area contributed by atoms with Gasteiger partial charge in [0.25, 0.3) is 0 Å². The molecule has 0 unspecified atom stereocenters. The zero-order valence-electron chi connectivity index (χ0n) is 8.95. The average Bonchev–Trinajstić information content (AvgIpc) is 1.56. The van der Waals surface area contributed by atoms with Crippen molar-refractivity contribution in [1.82, 2.24) is 10.4 Å². The van der Waals surface area contributed by atoms with E-state index in [1.165, 1.54) is 0 Å². The molecule has 68 valence electrons. The van der Waals surface area contributed by atoms with Crippen molar-refractivity contribution in [3.05, 3.63) is 0 Å². The lowest BCUT2D eigenvalue weighted by Gasteiger charge is -2.44. The lowest BCUT2D eigenvalue weighted by Crippen LogP contribution is -2.58. The van der Waals surface area contributed by atoms with Crippen molar-refractivity contribution < 1.29 is 0 Å². The van der Waals surface area contributed by atoms with Gasteiger partial charge < -0.3 is 0 Å². The van der Waals surface area contributed by atoms with Crippen LogP contribution in [-0.4, -0.2) is 23.1 Å². The van der Waals surface area contributed by atoms with Crippen molar-refractivity contribution in [2.24, 2.45) is 0 Å². The second kappa shape index (κ2) is 3.11. The van der Waals surface area contributed by atoms with E-state index in [1.807, 2.05) is 7.05 Å². The van der Waals surface area contributed by atoms with Gasteiger partial charge in [-0.2, -0.15) is 0 Å². The van der Waals surface area contributed by atoms with E-state index in [-0.39, 0.29) is 11.1 Å². The smallest absolute Gasteiger partial charge is 0.0275 e. The molecule has 0 spiro atoms. The fraction of sp³-hybridized carbons (Fsp3) is 1.00. The molecule has 0 aromatic carbocycles. The van der Waals surface area contributed by atoms with Gasteiger partial charge >= 0.3 is 0 Å². The molecular weight excluding hydrogens is 136 g/mol. The third-order valence-electron chi connectivity index (χ3n) is 1.57. The molecule has 1 N–H and O–H groups in total. The summed E-state index contributed by atoms with van der Waals surface area (Å²) in [5.41, 5.74) is 3.56. The van der Waals surface area contributed by atoms with Crippen LogP contribution < -0.4 is 5.43 Å².